The second-order valence-corrected chi connectivity index (χ2v) is 5.93. The summed E-state index contributed by atoms with van der Waals surface area (Å²) in [4.78, 5) is 16.7. The van der Waals surface area contributed by atoms with E-state index in [1.807, 2.05) is 23.6 Å². The number of phenols is 1. The molecule has 0 aliphatic carbocycles. The van der Waals surface area contributed by atoms with Gasteiger partial charge in [-0.3, -0.25) is 0 Å². The Kier molecular flexibility index (Phi) is 3.20. The molecule has 112 valence electrons. The molecule has 1 N–H and O–H groups in total. The van der Waals surface area contributed by atoms with Crippen molar-refractivity contribution in [2.45, 2.75) is 0 Å². The molecule has 0 spiro atoms. The Balaban J connectivity index is 1.81. The van der Waals surface area contributed by atoms with E-state index in [0.29, 0.717) is 16.8 Å². The van der Waals surface area contributed by atoms with Gasteiger partial charge in [0.25, 0.3) is 0 Å². The lowest BCUT2D eigenvalue weighted by molar-refractivity contribution is 0.475. The van der Waals surface area contributed by atoms with Crippen molar-refractivity contribution in [3.63, 3.8) is 0 Å². The summed E-state index contributed by atoms with van der Waals surface area (Å²) in [7, 11) is 0. The van der Waals surface area contributed by atoms with Gasteiger partial charge in [0.1, 0.15) is 16.3 Å². The maximum Gasteiger partial charge on any atom is 0.345 e. The third-order valence-corrected chi connectivity index (χ3v) is 4.43. The fourth-order valence-electron chi connectivity index (χ4n) is 2.37. The minimum absolute atomic E-state index is 0.209. The average molecular weight is 321 g/mol. The molecule has 4 rings (SSSR count). The number of hydrogen-bond donors (Lipinski definition) is 1. The normalized spacial score (nSPS) is 11.0. The molecule has 2 aromatic carbocycles. The summed E-state index contributed by atoms with van der Waals surface area (Å²) in [6.07, 6.45) is 0. The highest BCUT2D eigenvalue weighted by Crippen LogP contribution is 2.29. The van der Waals surface area contributed by atoms with Crippen molar-refractivity contribution in [1.82, 2.24) is 4.98 Å². The van der Waals surface area contributed by atoms with Crippen LogP contribution in [0.1, 0.15) is 0 Å². The molecule has 2 aromatic heterocycles. The van der Waals surface area contributed by atoms with E-state index in [1.54, 1.807) is 36.4 Å². The van der Waals surface area contributed by atoms with Crippen molar-refractivity contribution in [2.75, 3.05) is 0 Å². The van der Waals surface area contributed by atoms with Crippen molar-refractivity contribution in [3.8, 4) is 27.6 Å². The Labute approximate surface area is 135 Å². The van der Waals surface area contributed by atoms with Gasteiger partial charge in [0.15, 0.2) is 0 Å². The van der Waals surface area contributed by atoms with Gasteiger partial charge in [-0.25, -0.2) is 9.78 Å². The van der Waals surface area contributed by atoms with Gasteiger partial charge < -0.3 is 9.52 Å². The summed E-state index contributed by atoms with van der Waals surface area (Å²) in [6, 6.07) is 16.0. The molecule has 23 heavy (non-hydrogen) atoms. The molecular weight excluding hydrogens is 310 g/mol. The van der Waals surface area contributed by atoms with Gasteiger partial charge in [0.05, 0.1) is 11.3 Å². The Morgan fingerprint density at radius 1 is 1.04 bits per heavy atom. The molecule has 0 amide bonds. The van der Waals surface area contributed by atoms with Crippen LogP contribution in [0.3, 0.4) is 0 Å². The molecule has 0 aliphatic heterocycles. The predicted octanol–water partition coefficient (Wildman–Crippen LogP) is 4.29. The molecule has 0 aliphatic rings. The van der Waals surface area contributed by atoms with E-state index in [4.69, 9.17) is 4.42 Å². The van der Waals surface area contributed by atoms with E-state index in [0.717, 1.165) is 16.0 Å². The lowest BCUT2D eigenvalue weighted by atomic mass is 10.1. The van der Waals surface area contributed by atoms with E-state index in [2.05, 4.69) is 4.98 Å². The lowest BCUT2D eigenvalue weighted by Crippen LogP contribution is -2.02. The second kappa shape index (κ2) is 5.37. The van der Waals surface area contributed by atoms with Crippen molar-refractivity contribution in [2.24, 2.45) is 0 Å². The molecule has 4 aromatic rings. The molecule has 0 unspecified atom stereocenters. The van der Waals surface area contributed by atoms with Gasteiger partial charge in [0.2, 0.25) is 0 Å². The number of thiazole rings is 1. The van der Waals surface area contributed by atoms with Gasteiger partial charge in [0, 0.05) is 16.3 Å². The number of phenolic OH excluding ortho intramolecular Hbond substituents is 1. The Bertz CT molecular complexity index is 1050. The third kappa shape index (κ3) is 2.51. The SMILES string of the molecule is O=c1oc2ccccc2cc1-c1csc(-c2ccc(O)cc2)n1. The van der Waals surface area contributed by atoms with E-state index in [-0.39, 0.29) is 5.75 Å². The lowest BCUT2D eigenvalue weighted by Gasteiger charge is -1.99. The molecule has 0 fully saturated rings. The molecule has 0 bridgehead atoms. The van der Waals surface area contributed by atoms with E-state index >= 15 is 0 Å². The van der Waals surface area contributed by atoms with E-state index < -0.39 is 5.63 Å². The third-order valence-electron chi connectivity index (χ3n) is 3.54. The number of rotatable bonds is 2. The second-order valence-electron chi connectivity index (χ2n) is 5.07. The van der Waals surface area contributed by atoms with E-state index in [1.165, 1.54) is 11.3 Å². The minimum atomic E-state index is -0.397. The number of benzene rings is 2. The minimum Gasteiger partial charge on any atom is -0.508 e. The molecule has 0 saturated carbocycles. The Morgan fingerprint density at radius 2 is 1.83 bits per heavy atom. The molecule has 0 saturated heterocycles. The summed E-state index contributed by atoms with van der Waals surface area (Å²) in [6.45, 7) is 0. The highest BCUT2D eigenvalue weighted by molar-refractivity contribution is 7.13. The van der Waals surface area contributed by atoms with Crippen LogP contribution >= 0.6 is 11.3 Å². The zero-order valence-corrected chi connectivity index (χ0v) is 12.7. The van der Waals surface area contributed by atoms with Crippen LogP contribution in [0.5, 0.6) is 5.75 Å². The first-order valence-electron chi connectivity index (χ1n) is 6.99. The highest BCUT2D eigenvalue weighted by atomic mass is 32.1. The number of aromatic nitrogens is 1. The first kappa shape index (κ1) is 13.7. The van der Waals surface area contributed by atoms with Crippen LogP contribution in [0.25, 0.3) is 32.8 Å². The Hall–Kier alpha value is -2.92. The van der Waals surface area contributed by atoms with Crippen molar-refractivity contribution in [1.29, 1.82) is 0 Å². The topological polar surface area (TPSA) is 63.3 Å². The molecule has 0 radical (unpaired) electrons. The van der Waals surface area contributed by atoms with Crippen molar-refractivity contribution in [3.05, 3.63) is 70.4 Å². The summed E-state index contributed by atoms with van der Waals surface area (Å²) in [5.74, 6) is 0.209. The first-order chi connectivity index (χ1) is 11.2. The van der Waals surface area contributed by atoms with Gasteiger partial charge >= 0.3 is 5.63 Å². The van der Waals surface area contributed by atoms with Crippen LogP contribution in [0.2, 0.25) is 0 Å². The number of aromatic hydroxyl groups is 1. The van der Waals surface area contributed by atoms with Crippen LogP contribution in [0.15, 0.2) is 69.2 Å². The van der Waals surface area contributed by atoms with Gasteiger partial charge in [-0.15, -0.1) is 11.3 Å². The van der Waals surface area contributed by atoms with Gasteiger partial charge in [-0.05, 0) is 36.4 Å². The maximum atomic E-state index is 12.2. The fraction of sp³-hybridized carbons (Fsp3) is 0. The smallest absolute Gasteiger partial charge is 0.345 e. The largest absolute Gasteiger partial charge is 0.508 e. The maximum absolute atomic E-state index is 12.2. The average Bonchev–Trinajstić information content (AvgIpc) is 3.04. The van der Waals surface area contributed by atoms with Gasteiger partial charge in [-0.1, -0.05) is 18.2 Å². The van der Waals surface area contributed by atoms with Crippen LogP contribution in [0, 0.1) is 0 Å². The molecule has 0 atom stereocenters. The molecule has 4 nitrogen and oxygen atoms in total. The molecule has 2 heterocycles. The first-order valence-corrected chi connectivity index (χ1v) is 7.87. The summed E-state index contributed by atoms with van der Waals surface area (Å²) in [5, 5.41) is 12.8. The highest BCUT2D eigenvalue weighted by Gasteiger charge is 2.12. The van der Waals surface area contributed by atoms with Crippen LogP contribution < -0.4 is 5.63 Å². The van der Waals surface area contributed by atoms with Crippen LogP contribution in [0.4, 0.5) is 0 Å². The summed E-state index contributed by atoms with van der Waals surface area (Å²) in [5.41, 5.74) is 2.10. The quantitative estimate of drug-likeness (QED) is 0.559. The zero-order valence-electron chi connectivity index (χ0n) is 11.9. The molecular formula is C18H11NO3S. The number of para-hydroxylation sites is 1. The van der Waals surface area contributed by atoms with Crippen LogP contribution in [-0.4, -0.2) is 10.1 Å². The van der Waals surface area contributed by atoms with Crippen molar-refractivity contribution < 1.29 is 9.52 Å². The van der Waals surface area contributed by atoms with Crippen LogP contribution in [-0.2, 0) is 0 Å². The summed E-state index contributed by atoms with van der Waals surface area (Å²) < 4.78 is 5.35. The standard InChI is InChI=1S/C18H11NO3S/c20-13-7-5-11(6-8-13)17-19-15(10-23-17)14-9-12-3-1-2-4-16(12)22-18(14)21/h1-10,20H. The Morgan fingerprint density at radius 3 is 2.65 bits per heavy atom. The van der Waals surface area contributed by atoms with E-state index in [9.17, 15) is 9.90 Å². The zero-order chi connectivity index (χ0) is 15.8. The predicted molar refractivity (Wildman–Crippen MR) is 90.7 cm³/mol. The monoisotopic (exact) mass is 321 g/mol. The number of hydrogen-bond acceptors (Lipinski definition) is 5. The molecule has 5 heteroatoms. The summed E-state index contributed by atoms with van der Waals surface area (Å²) >= 11 is 1.44. The van der Waals surface area contributed by atoms with Gasteiger partial charge in [-0.2, -0.15) is 0 Å². The van der Waals surface area contributed by atoms with Crippen molar-refractivity contribution >= 4 is 22.3 Å². The number of fused-ring (bicyclic) bond motifs is 1. The fourth-order valence-corrected chi connectivity index (χ4v) is 3.20. The number of nitrogens with zero attached hydrogens (tertiary/aromatic N) is 1.